The van der Waals surface area contributed by atoms with Gasteiger partial charge in [-0.15, -0.1) is 0 Å². The summed E-state index contributed by atoms with van der Waals surface area (Å²) in [6.07, 6.45) is 0. The molecule has 0 aliphatic carbocycles. The van der Waals surface area contributed by atoms with Crippen LogP contribution in [0.3, 0.4) is 0 Å². The molecular formula is HfLaMgO+7. The fourth-order valence-corrected chi connectivity index (χ4v) is 0. The van der Waals surface area contributed by atoms with E-state index in [0.717, 1.165) is 0 Å². The molecule has 0 saturated carbocycles. The minimum atomic E-state index is 0. The van der Waals surface area contributed by atoms with Crippen LogP contribution < -0.4 is 0 Å². The van der Waals surface area contributed by atoms with Gasteiger partial charge in [-0.3, -0.25) is 0 Å². The van der Waals surface area contributed by atoms with Crippen molar-refractivity contribution in [2.75, 3.05) is 0 Å². The first-order chi connectivity index (χ1) is 0. The van der Waals surface area contributed by atoms with E-state index in [9.17, 15) is 0 Å². The van der Waals surface area contributed by atoms with Crippen molar-refractivity contribution in [1.82, 2.24) is 0 Å². The van der Waals surface area contributed by atoms with Crippen molar-refractivity contribution < 1.29 is 66.9 Å². The molecule has 8 valence electrons. The smallest absolute Gasteiger partial charge is 2.00 e. The van der Waals surface area contributed by atoms with E-state index in [2.05, 4.69) is 0 Å². The second kappa shape index (κ2) is 17.1. The van der Waals surface area contributed by atoms with Gasteiger partial charge in [-0.1, -0.05) is 0 Å². The molecule has 0 bridgehead atoms. The zero-order valence-electron chi connectivity index (χ0n) is 2.19. The van der Waals surface area contributed by atoms with Gasteiger partial charge in [0, 0.05) is 0 Å². The molecule has 0 aromatic heterocycles. The third kappa shape index (κ3) is 8.84. The molecule has 1 nitrogen and oxygen atoms in total. The molecule has 0 amide bonds. The summed E-state index contributed by atoms with van der Waals surface area (Å²) < 4.78 is 0. The van der Waals surface area contributed by atoms with Crippen molar-refractivity contribution in [1.29, 1.82) is 0 Å². The third-order valence-corrected chi connectivity index (χ3v) is 0. The molecule has 0 fully saturated rings. The predicted molar refractivity (Wildman–Crippen MR) is 6.44 cm³/mol. The summed E-state index contributed by atoms with van der Waals surface area (Å²) in [5, 5.41) is 0. The van der Waals surface area contributed by atoms with E-state index in [0.29, 0.717) is 0 Å². The maximum Gasteiger partial charge on any atom is 4.00 e. The summed E-state index contributed by atoms with van der Waals surface area (Å²) in [4.78, 5) is 0. The van der Waals surface area contributed by atoms with Crippen LogP contribution in [-0.2, 0) is 31.3 Å². The Kier molecular flexibility index (Phi) is 125. The van der Waals surface area contributed by atoms with Crippen LogP contribution in [0.4, 0.5) is 0 Å². The zero-order valence-corrected chi connectivity index (χ0v) is 10.8. The van der Waals surface area contributed by atoms with Gasteiger partial charge in [0.05, 0.1) is 0 Å². The first-order valence-corrected chi connectivity index (χ1v) is 0. The van der Waals surface area contributed by atoms with Crippen LogP contribution in [0.5, 0.6) is 0 Å². The molecule has 0 aromatic rings. The molecule has 0 aliphatic heterocycles. The Morgan fingerprint density at radius 2 is 1.00 bits per heavy atom. The summed E-state index contributed by atoms with van der Waals surface area (Å²) in [7, 11) is 0. The fourth-order valence-electron chi connectivity index (χ4n) is 0. The average Bonchev–Trinajstić information content (AvgIpc) is 0. The van der Waals surface area contributed by atoms with Gasteiger partial charge in [0.15, 0.2) is 0 Å². The van der Waals surface area contributed by atoms with E-state index < -0.39 is 0 Å². The normalized spacial score (nSPS) is 0. The monoisotopic (exact) mass is 359 g/mol. The quantitative estimate of drug-likeness (QED) is 0.523. The molecule has 0 aliphatic rings. The summed E-state index contributed by atoms with van der Waals surface area (Å²) in [6.45, 7) is 0. The minimum absolute atomic E-state index is 0. The van der Waals surface area contributed by atoms with Crippen molar-refractivity contribution in [3.8, 4) is 0 Å². The standard InChI is InChI=1S/Hf.La.Mg.O/q+4;+3;+2;-2. The van der Waals surface area contributed by atoms with Gasteiger partial charge in [0.1, 0.15) is 0 Å². The Balaban J connectivity index is 0. The molecule has 0 radical (unpaired) electrons. The number of rotatable bonds is 0. The molecule has 4 heteroatoms. The third-order valence-electron chi connectivity index (χ3n) is 0. The summed E-state index contributed by atoms with van der Waals surface area (Å²) in [5.74, 6) is 0. The first kappa shape index (κ1) is 29.2. The Labute approximate surface area is 88.1 Å². The molecule has 4 heavy (non-hydrogen) atoms. The Bertz CT molecular complexity index is 8.00. The molecule has 0 heterocycles. The van der Waals surface area contributed by atoms with Crippen LogP contribution in [0.25, 0.3) is 0 Å². The van der Waals surface area contributed by atoms with E-state index in [-0.39, 0.29) is 90.0 Å². The van der Waals surface area contributed by atoms with Crippen molar-refractivity contribution in [3.63, 3.8) is 0 Å². The van der Waals surface area contributed by atoms with E-state index in [1.807, 2.05) is 0 Å². The van der Waals surface area contributed by atoms with Gasteiger partial charge >= 0.3 is 84.5 Å². The van der Waals surface area contributed by atoms with Gasteiger partial charge in [0.2, 0.25) is 0 Å². The van der Waals surface area contributed by atoms with Crippen LogP contribution in [-0.4, -0.2) is 23.1 Å². The molecule has 0 unspecified atom stereocenters. The molecule has 0 aromatic carbocycles. The summed E-state index contributed by atoms with van der Waals surface area (Å²) in [6, 6.07) is 0. The molecule has 0 saturated heterocycles. The van der Waals surface area contributed by atoms with E-state index >= 15 is 0 Å². The van der Waals surface area contributed by atoms with Crippen LogP contribution in [0.1, 0.15) is 0 Å². The molecule has 0 N–H and O–H groups in total. The van der Waals surface area contributed by atoms with Gasteiger partial charge in [-0.25, -0.2) is 0 Å². The summed E-state index contributed by atoms with van der Waals surface area (Å²) in [5.41, 5.74) is 0. The van der Waals surface area contributed by atoms with E-state index in [1.165, 1.54) is 0 Å². The second-order valence-corrected chi connectivity index (χ2v) is 0. The van der Waals surface area contributed by atoms with Crippen molar-refractivity contribution >= 4 is 23.1 Å². The minimum Gasteiger partial charge on any atom is -2.00 e. The van der Waals surface area contributed by atoms with E-state index in [4.69, 9.17) is 0 Å². The second-order valence-electron chi connectivity index (χ2n) is 0. The topological polar surface area (TPSA) is 28.5 Å². The van der Waals surface area contributed by atoms with Crippen molar-refractivity contribution in [2.45, 2.75) is 0 Å². The largest absolute Gasteiger partial charge is 4.00 e. The van der Waals surface area contributed by atoms with Crippen LogP contribution in [0.15, 0.2) is 0 Å². The van der Waals surface area contributed by atoms with Crippen LogP contribution in [0, 0.1) is 35.6 Å². The Morgan fingerprint density at radius 1 is 1.00 bits per heavy atom. The van der Waals surface area contributed by atoms with Gasteiger partial charge < -0.3 is 5.48 Å². The Hall–Kier alpha value is 2.79. The SMILES string of the molecule is [Hf+4].[La+3].[Mg+2].[O-2]. The Morgan fingerprint density at radius 3 is 1.00 bits per heavy atom. The van der Waals surface area contributed by atoms with Gasteiger partial charge in [-0.05, 0) is 0 Å². The molecule has 0 atom stereocenters. The van der Waals surface area contributed by atoms with Crippen molar-refractivity contribution in [3.05, 3.63) is 0 Å². The van der Waals surface area contributed by atoms with Crippen molar-refractivity contribution in [2.24, 2.45) is 0 Å². The first-order valence-electron chi connectivity index (χ1n) is 0. The predicted octanol–water partition coefficient (Wildman–Crippen LogP) is -0.502. The van der Waals surface area contributed by atoms with Gasteiger partial charge in [-0.2, -0.15) is 0 Å². The maximum atomic E-state index is 0. The number of hydrogen-bond donors (Lipinski definition) is 0. The molecule has 0 rings (SSSR count). The molecular weight excluding hydrogens is 358 g/mol. The number of hydrogen-bond acceptors (Lipinski definition) is 0. The van der Waals surface area contributed by atoms with E-state index in [1.54, 1.807) is 0 Å². The van der Waals surface area contributed by atoms with Crippen LogP contribution in [0.2, 0.25) is 0 Å². The maximum absolute atomic E-state index is 0. The fraction of sp³-hybridized carbons (Fsp3) is 0. The zero-order chi connectivity index (χ0) is 0. The van der Waals surface area contributed by atoms with Gasteiger partial charge in [0.25, 0.3) is 0 Å². The van der Waals surface area contributed by atoms with Crippen LogP contribution >= 0.6 is 0 Å². The average molecular weight is 358 g/mol. The molecule has 0 spiro atoms. The summed E-state index contributed by atoms with van der Waals surface area (Å²) >= 11 is 0.